The summed E-state index contributed by atoms with van der Waals surface area (Å²) < 4.78 is 5.46. The second kappa shape index (κ2) is 6.91. The lowest BCUT2D eigenvalue weighted by Crippen LogP contribution is -2.20. The molecule has 0 bridgehead atoms. The minimum absolute atomic E-state index is 0.465. The average molecular weight is 247 g/mol. The highest BCUT2D eigenvalue weighted by Gasteiger charge is 2.20. The number of hydrogen-bond donors (Lipinski definition) is 1. The van der Waals surface area contributed by atoms with Crippen molar-refractivity contribution in [1.29, 1.82) is 0 Å². The summed E-state index contributed by atoms with van der Waals surface area (Å²) in [5.74, 6) is 0.720. The van der Waals surface area contributed by atoms with Crippen molar-refractivity contribution in [3.8, 4) is 0 Å². The van der Waals surface area contributed by atoms with Gasteiger partial charge in [-0.1, -0.05) is 37.6 Å². The maximum absolute atomic E-state index is 5.46. The van der Waals surface area contributed by atoms with Crippen LogP contribution in [0.1, 0.15) is 43.4 Å². The molecule has 1 fully saturated rings. The predicted octanol–water partition coefficient (Wildman–Crippen LogP) is 3.33. The van der Waals surface area contributed by atoms with Crippen LogP contribution in [0, 0.1) is 5.92 Å². The Bertz CT molecular complexity index is 341. The first-order valence-electron chi connectivity index (χ1n) is 7.17. The Morgan fingerprint density at radius 2 is 2.11 bits per heavy atom. The number of hydrogen-bond acceptors (Lipinski definition) is 2. The summed E-state index contributed by atoms with van der Waals surface area (Å²) in [5, 5.41) is 3.44. The Hall–Kier alpha value is -0.860. The molecule has 0 aromatic heterocycles. The van der Waals surface area contributed by atoms with Crippen molar-refractivity contribution in [3.05, 3.63) is 35.4 Å². The zero-order valence-electron chi connectivity index (χ0n) is 11.6. The lowest BCUT2D eigenvalue weighted by atomic mass is 9.93. The van der Waals surface area contributed by atoms with Crippen molar-refractivity contribution in [2.75, 3.05) is 20.3 Å². The predicted molar refractivity (Wildman–Crippen MR) is 75.8 cm³/mol. The molecule has 1 aromatic rings. The lowest BCUT2D eigenvalue weighted by Gasteiger charge is -2.20. The van der Waals surface area contributed by atoms with Crippen molar-refractivity contribution in [2.24, 2.45) is 5.92 Å². The summed E-state index contributed by atoms with van der Waals surface area (Å²) >= 11 is 0. The molecule has 0 aliphatic carbocycles. The minimum atomic E-state index is 0.465. The van der Waals surface area contributed by atoms with Gasteiger partial charge in [0.15, 0.2) is 0 Å². The molecule has 1 aliphatic rings. The molecule has 2 unspecified atom stereocenters. The monoisotopic (exact) mass is 247 g/mol. The van der Waals surface area contributed by atoms with Gasteiger partial charge in [-0.15, -0.1) is 0 Å². The average Bonchev–Trinajstić information content (AvgIpc) is 2.90. The van der Waals surface area contributed by atoms with Crippen LogP contribution < -0.4 is 5.32 Å². The topological polar surface area (TPSA) is 21.3 Å². The third-order valence-corrected chi connectivity index (χ3v) is 3.86. The highest BCUT2D eigenvalue weighted by molar-refractivity contribution is 5.25. The molecule has 2 atom stereocenters. The van der Waals surface area contributed by atoms with E-state index < -0.39 is 0 Å². The largest absolute Gasteiger partial charge is 0.381 e. The first-order valence-corrected chi connectivity index (χ1v) is 7.17. The fourth-order valence-electron chi connectivity index (χ4n) is 2.73. The maximum atomic E-state index is 5.46. The second-order valence-corrected chi connectivity index (χ2v) is 5.30. The van der Waals surface area contributed by atoms with Crippen LogP contribution in [0.2, 0.25) is 0 Å². The third-order valence-electron chi connectivity index (χ3n) is 3.86. The maximum Gasteiger partial charge on any atom is 0.0495 e. The number of ether oxygens (including phenoxy) is 1. The zero-order chi connectivity index (χ0) is 12.8. The smallest absolute Gasteiger partial charge is 0.0495 e. The van der Waals surface area contributed by atoms with Gasteiger partial charge in [-0.25, -0.2) is 0 Å². The molecule has 0 spiro atoms. The number of nitrogens with one attached hydrogen (secondary N) is 1. The van der Waals surface area contributed by atoms with Gasteiger partial charge in [-0.05, 0) is 43.4 Å². The van der Waals surface area contributed by atoms with E-state index in [4.69, 9.17) is 4.74 Å². The molecule has 1 aromatic carbocycles. The highest BCUT2D eigenvalue weighted by Crippen LogP contribution is 2.26. The number of aryl methyl sites for hydroxylation is 1. The summed E-state index contributed by atoms with van der Waals surface area (Å²) in [4.78, 5) is 0. The van der Waals surface area contributed by atoms with Gasteiger partial charge < -0.3 is 10.1 Å². The van der Waals surface area contributed by atoms with E-state index in [2.05, 4.69) is 43.6 Å². The molecular formula is C16H25NO. The first kappa shape index (κ1) is 13.6. The van der Waals surface area contributed by atoms with Gasteiger partial charge in [0.2, 0.25) is 0 Å². The van der Waals surface area contributed by atoms with Gasteiger partial charge in [0.1, 0.15) is 0 Å². The molecule has 1 saturated heterocycles. The van der Waals surface area contributed by atoms with E-state index in [0.29, 0.717) is 6.04 Å². The van der Waals surface area contributed by atoms with Gasteiger partial charge in [-0.3, -0.25) is 0 Å². The summed E-state index contributed by atoms with van der Waals surface area (Å²) in [5.41, 5.74) is 2.85. The zero-order valence-corrected chi connectivity index (χ0v) is 11.6. The van der Waals surface area contributed by atoms with Crippen LogP contribution in [0.4, 0.5) is 0 Å². The fraction of sp³-hybridized carbons (Fsp3) is 0.625. The van der Waals surface area contributed by atoms with Gasteiger partial charge in [-0.2, -0.15) is 0 Å². The lowest BCUT2D eigenvalue weighted by molar-refractivity contribution is 0.181. The Morgan fingerprint density at radius 1 is 1.33 bits per heavy atom. The second-order valence-electron chi connectivity index (χ2n) is 5.30. The summed E-state index contributed by atoms with van der Waals surface area (Å²) in [6, 6.07) is 9.57. The van der Waals surface area contributed by atoms with E-state index in [9.17, 15) is 0 Å². The summed E-state index contributed by atoms with van der Waals surface area (Å²) in [6.07, 6.45) is 4.80. The number of benzene rings is 1. The molecule has 2 heteroatoms. The van der Waals surface area contributed by atoms with Gasteiger partial charge >= 0.3 is 0 Å². The normalized spacial score (nSPS) is 21.1. The van der Waals surface area contributed by atoms with Gasteiger partial charge in [0.05, 0.1) is 0 Å². The van der Waals surface area contributed by atoms with Crippen LogP contribution in [0.15, 0.2) is 24.3 Å². The molecule has 1 N–H and O–H groups in total. The van der Waals surface area contributed by atoms with Crippen LogP contribution in [0.25, 0.3) is 0 Å². The van der Waals surface area contributed by atoms with Crippen molar-refractivity contribution in [1.82, 2.24) is 5.32 Å². The summed E-state index contributed by atoms with van der Waals surface area (Å²) in [7, 11) is 2.06. The van der Waals surface area contributed by atoms with E-state index in [1.165, 1.54) is 36.8 Å². The molecule has 2 rings (SSSR count). The summed E-state index contributed by atoms with van der Waals surface area (Å²) in [6.45, 7) is 4.10. The van der Waals surface area contributed by atoms with Crippen molar-refractivity contribution in [2.45, 2.75) is 38.6 Å². The van der Waals surface area contributed by atoms with E-state index in [1.807, 2.05) is 0 Å². The van der Waals surface area contributed by atoms with Crippen molar-refractivity contribution in [3.63, 3.8) is 0 Å². The molecular weight excluding hydrogens is 222 g/mol. The van der Waals surface area contributed by atoms with Crippen molar-refractivity contribution < 1.29 is 4.74 Å². The van der Waals surface area contributed by atoms with E-state index in [1.54, 1.807) is 0 Å². The molecule has 0 saturated carbocycles. The molecule has 1 heterocycles. The van der Waals surface area contributed by atoms with E-state index in [0.717, 1.165) is 19.1 Å². The fourth-order valence-corrected chi connectivity index (χ4v) is 2.73. The standard InChI is InChI=1S/C16H25NO/c1-3-4-13-5-7-15(8-6-13)16(17-2)11-14-9-10-18-12-14/h5-8,14,16-17H,3-4,9-12H2,1-2H3. The SMILES string of the molecule is CCCc1ccc(C(CC2CCOC2)NC)cc1. The Kier molecular flexibility index (Phi) is 5.21. The Balaban J connectivity index is 1.97. The van der Waals surface area contributed by atoms with Crippen molar-refractivity contribution >= 4 is 0 Å². The molecule has 1 aliphatic heterocycles. The minimum Gasteiger partial charge on any atom is -0.381 e. The van der Waals surface area contributed by atoms with E-state index >= 15 is 0 Å². The first-order chi connectivity index (χ1) is 8.83. The van der Waals surface area contributed by atoms with Crippen LogP contribution in [-0.4, -0.2) is 20.3 Å². The molecule has 2 nitrogen and oxygen atoms in total. The Morgan fingerprint density at radius 3 is 2.67 bits per heavy atom. The third kappa shape index (κ3) is 3.56. The molecule has 0 amide bonds. The van der Waals surface area contributed by atoms with Gasteiger partial charge in [0, 0.05) is 19.3 Å². The molecule has 18 heavy (non-hydrogen) atoms. The number of rotatable bonds is 6. The molecule has 0 radical (unpaired) electrons. The van der Waals surface area contributed by atoms with Gasteiger partial charge in [0.25, 0.3) is 0 Å². The highest BCUT2D eigenvalue weighted by atomic mass is 16.5. The quantitative estimate of drug-likeness (QED) is 0.832. The van der Waals surface area contributed by atoms with Crippen LogP contribution in [-0.2, 0) is 11.2 Å². The molecule has 100 valence electrons. The van der Waals surface area contributed by atoms with Crippen LogP contribution >= 0.6 is 0 Å². The van der Waals surface area contributed by atoms with E-state index in [-0.39, 0.29) is 0 Å². The Labute approximate surface area is 111 Å². The van der Waals surface area contributed by atoms with Crippen LogP contribution in [0.5, 0.6) is 0 Å². The van der Waals surface area contributed by atoms with Crippen LogP contribution in [0.3, 0.4) is 0 Å².